The number of imidazole rings is 1. The standard InChI is InChI=1S/C17H25N5O.HI/c1-18-17(20-7-4-10-23-2)21-12-15-5-3-6-16(11-15)13-22-9-8-19-14-22;/h3,5-6,8-9,11,14H,4,7,10,12-13H2,1-2H3,(H2,18,20,21);1H. The normalized spacial score (nSPS) is 11.0. The minimum Gasteiger partial charge on any atom is -0.385 e. The van der Waals surface area contributed by atoms with Crippen molar-refractivity contribution < 1.29 is 4.74 Å². The van der Waals surface area contributed by atoms with Crippen LogP contribution in [0, 0.1) is 0 Å². The fourth-order valence-corrected chi connectivity index (χ4v) is 2.26. The van der Waals surface area contributed by atoms with E-state index in [1.807, 2.05) is 12.5 Å². The van der Waals surface area contributed by atoms with Crippen LogP contribution in [0.2, 0.25) is 0 Å². The van der Waals surface area contributed by atoms with Crippen molar-refractivity contribution in [3.05, 3.63) is 54.1 Å². The van der Waals surface area contributed by atoms with Gasteiger partial charge in [0.2, 0.25) is 0 Å². The Bertz CT molecular complexity index is 601. The number of halogens is 1. The molecule has 0 bridgehead atoms. The predicted octanol–water partition coefficient (Wildman–Crippen LogP) is 2.25. The Morgan fingerprint density at radius 1 is 1.29 bits per heavy atom. The van der Waals surface area contributed by atoms with Gasteiger partial charge >= 0.3 is 0 Å². The first-order valence-electron chi connectivity index (χ1n) is 7.79. The lowest BCUT2D eigenvalue weighted by Gasteiger charge is -2.12. The van der Waals surface area contributed by atoms with E-state index >= 15 is 0 Å². The first-order valence-corrected chi connectivity index (χ1v) is 7.79. The van der Waals surface area contributed by atoms with Gasteiger partial charge in [-0.05, 0) is 17.5 Å². The molecule has 2 aromatic rings. The van der Waals surface area contributed by atoms with Gasteiger partial charge in [-0.25, -0.2) is 4.98 Å². The summed E-state index contributed by atoms with van der Waals surface area (Å²) in [4.78, 5) is 8.30. The number of nitrogens with one attached hydrogen (secondary N) is 2. The molecule has 0 fully saturated rings. The maximum atomic E-state index is 5.04. The van der Waals surface area contributed by atoms with Crippen LogP contribution in [0.25, 0.3) is 0 Å². The molecule has 1 aromatic heterocycles. The van der Waals surface area contributed by atoms with E-state index in [1.54, 1.807) is 20.4 Å². The Morgan fingerprint density at radius 3 is 2.83 bits per heavy atom. The van der Waals surface area contributed by atoms with E-state index in [0.717, 1.165) is 38.6 Å². The van der Waals surface area contributed by atoms with Gasteiger partial charge in [0, 0.05) is 52.8 Å². The van der Waals surface area contributed by atoms with Gasteiger partial charge in [-0.15, -0.1) is 24.0 Å². The highest BCUT2D eigenvalue weighted by Crippen LogP contribution is 2.07. The number of nitrogens with zero attached hydrogens (tertiary/aromatic N) is 3. The average molecular weight is 443 g/mol. The lowest BCUT2D eigenvalue weighted by Crippen LogP contribution is -2.37. The molecule has 7 heteroatoms. The molecule has 0 amide bonds. The van der Waals surface area contributed by atoms with Gasteiger partial charge in [-0.3, -0.25) is 4.99 Å². The number of methoxy groups -OCH3 is 1. The molecule has 0 unspecified atom stereocenters. The van der Waals surface area contributed by atoms with E-state index in [2.05, 4.69) is 49.4 Å². The zero-order chi connectivity index (χ0) is 16.3. The van der Waals surface area contributed by atoms with Crippen LogP contribution >= 0.6 is 24.0 Å². The highest BCUT2D eigenvalue weighted by Gasteiger charge is 2.00. The van der Waals surface area contributed by atoms with Crippen LogP contribution in [0.3, 0.4) is 0 Å². The second-order valence-electron chi connectivity index (χ2n) is 5.25. The Balaban J connectivity index is 0.00000288. The largest absolute Gasteiger partial charge is 0.385 e. The van der Waals surface area contributed by atoms with Gasteiger partial charge in [-0.2, -0.15) is 0 Å². The first kappa shape index (κ1) is 20.4. The molecule has 1 aromatic carbocycles. The monoisotopic (exact) mass is 443 g/mol. The molecule has 0 aliphatic heterocycles. The lowest BCUT2D eigenvalue weighted by atomic mass is 10.1. The fourth-order valence-electron chi connectivity index (χ4n) is 2.26. The van der Waals surface area contributed by atoms with Gasteiger partial charge in [0.1, 0.15) is 0 Å². The molecule has 0 radical (unpaired) electrons. The molecule has 132 valence electrons. The summed E-state index contributed by atoms with van der Waals surface area (Å²) in [5.41, 5.74) is 2.48. The zero-order valence-corrected chi connectivity index (χ0v) is 16.6. The number of guanidine groups is 1. The lowest BCUT2D eigenvalue weighted by molar-refractivity contribution is 0.195. The molecular formula is C17H26IN5O. The van der Waals surface area contributed by atoms with Crippen molar-refractivity contribution in [2.75, 3.05) is 27.3 Å². The molecule has 0 aliphatic carbocycles. The summed E-state index contributed by atoms with van der Waals surface area (Å²) >= 11 is 0. The van der Waals surface area contributed by atoms with Crippen molar-refractivity contribution in [2.24, 2.45) is 4.99 Å². The number of hydrogen-bond donors (Lipinski definition) is 2. The van der Waals surface area contributed by atoms with Crippen molar-refractivity contribution in [3.63, 3.8) is 0 Å². The molecule has 0 spiro atoms. The summed E-state index contributed by atoms with van der Waals surface area (Å²) in [6.45, 7) is 3.16. The third-order valence-electron chi connectivity index (χ3n) is 3.42. The van der Waals surface area contributed by atoms with Crippen LogP contribution in [0.4, 0.5) is 0 Å². The van der Waals surface area contributed by atoms with Gasteiger partial charge in [0.25, 0.3) is 0 Å². The molecule has 2 N–H and O–H groups in total. The second-order valence-corrected chi connectivity index (χ2v) is 5.25. The van der Waals surface area contributed by atoms with E-state index in [4.69, 9.17) is 4.74 Å². The van der Waals surface area contributed by atoms with Crippen LogP contribution in [0.15, 0.2) is 48.0 Å². The summed E-state index contributed by atoms with van der Waals surface area (Å²) in [6, 6.07) is 8.52. The summed E-state index contributed by atoms with van der Waals surface area (Å²) in [5.74, 6) is 0.807. The third kappa shape index (κ3) is 7.31. The SMILES string of the molecule is CN=C(NCCCOC)NCc1cccc(Cn2ccnc2)c1.I. The summed E-state index contributed by atoms with van der Waals surface area (Å²) in [7, 11) is 3.49. The highest BCUT2D eigenvalue weighted by atomic mass is 127. The molecule has 1 heterocycles. The molecule has 2 rings (SSSR count). The third-order valence-corrected chi connectivity index (χ3v) is 3.42. The van der Waals surface area contributed by atoms with Gasteiger partial charge in [0.05, 0.1) is 6.33 Å². The summed E-state index contributed by atoms with van der Waals surface area (Å²) in [6.07, 6.45) is 6.55. The predicted molar refractivity (Wildman–Crippen MR) is 108 cm³/mol. The van der Waals surface area contributed by atoms with Gasteiger partial charge in [-0.1, -0.05) is 24.3 Å². The zero-order valence-electron chi connectivity index (χ0n) is 14.2. The van der Waals surface area contributed by atoms with Crippen LogP contribution in [-0.2, 0) is 17.8 Å². The van der Waals surface area contributed by atoms with E-state index in [9.17, 15) is 0 Å². The van der Waals surface area contributed by atoms with Crippen LogP contribution in [0.1, 0.15) is 17.5 Å². The van der Waals surface area contributed by atoms with Crippen LogP contribution < -0.4 is 10.6 Å². The van der Waals surface area contributed by atoms with E-state index < -0.39 is 0 Å². The maximum Gasteiger partial charge on any atom is 0.191 e. The average Bonchev–Trinajstić information content (AvgIpc) is 3.07. The number of hydrogen-bond acceptors (Lipinski definition) is 3. The number of ether oxygens (including phenoxy) is 1. The molecule has 0 saturated carbocycles. The number of rotatable bonds is 8. The highest BCUT2D eigenvalue weighted by molar-refractivity contribution is 14.0. The van der Waals surface area contributed by atoms with E-state index in [1.165, 1.54) is 11.1 Å². The molecule has 24 heavy (non-hydrogen) atoms. The molecule has 0 saturated heterocycles. The Labute approximate surface area is 160 Å². The number of aromatic nitrogens is 2. The van der Waals surface area contributed by atoms with Crippen molar-refractivity contribution >= 4 is 29.9 Å². The van der Waals surface area contributed by atoms with Crippen LogP contribution in [0.5, 0.6) is 0 Å². The molecule has 0 aliphatic rings. The smallest absolute Gasteiger partial charge is 0.191 e. The number of aliphatic imine (C=N–C) groups is 1. The maximum absolute atomic E-state index is 5.04. The summed E-state index contributed by atoms with van der Waals surface area (Å²) in [5, 5.41) is 6.60. The van der Waals surface area contributed by atoms with Crippen molar-refractivity contribution in [3.8, 4) is 0 Å². The second kappa shape index (κ2) is 11.9. The van der Waals surface area contributed by atoms with Gasteiger partial charge < -0.3 is 19.9 Å². The Kier molecular flexibility index (Phi) is 10.1. The fraction of sp³-hybridized carbons (Fsp3) is 0.412. The molecule has 0 atom stereocenters. The van der Waals surface area contributed by atoms with Crippen LogP contribution in [-0.4, -0.2) is 42.8 Å². The summed E-state index contributed by atoms with van der Waals surface area (Å²) < 4.78 is 7.09. The van der Waals surface area contributed by atoms with E-state index in [-0.39, 0.29) is 24.0 Å². The Hall–Kier alpha value is -1.61. The first-order chi connectivity index (χ1) is 11.3. The molecule has 6 nitrogen and oxygen atoms in total. The van der Waals surface area contributed by atoms with Gasteiger partial charge in [0.15, 0.2) is 5.96 Å². The van der Waals surface area contributed by atoms with E-state index in [0.29, 0.717) is 0 Å². The Morgan fingerprint density at radius 2 is 2.12 bits per heavy atom. The van der Waals surface area contributed by atoms with Crippen molar-refractivity contribution in [1.82, 2.24) is 20.2 Å². The van der Waals surface area contributed by atoms with Crippen molar-refractivity contribution in [2.45, 2.75) is 19.5 Å². The topological polar surface area (TPSA) is 63.5 Å². The minimum atomic E-state index is 0. The van der Waals surface area contributed by atoms with Crippen molar-refractivity contribution in [1.29, 1.82) is 0 Å². The minimum absolute atomic E-state index is 0. The molecular weight excluding hydrogens is 417 g/mol. The number of benzene rings is 1. The quantitative estimate of drug-likeness (QED) is 0.285.